The fourth-order valence-corrected chi connectivity index (χ4v) is 2.27. The number of carbonyl (C=O) groups is 1. The van der Waals surface area contributed by atoms with Gasteiger partial charge >= 0.3 is 0 Å². The maximum absolute atomic E-state index is 12.2. The van der Waals surface area contributed by atoms with Crippen LogP contribution in [-0.2, 0) is 6.54 Å². The summed E-state index contributed by atoms with van der Waals surface area (Å²) in [6.07, 6.45) is 4.67. The maximum atomic E-state index is 12.2. The average Bonchev–Trinajstić information content (AvgIpc) is 2.64. The van der Waals surface area contributed by atoms with E-state index >= 15 is 0 Å². The van der Waals surface area contributed by atoms with Gasteiger partial charge in [-0.1, -0.05) is 23.7 Å². The topological polar surface area (TPSA) is 79.8 Å². The van der Waals surface area contributed by atoms with Gasteiger partial charge in [0.25, 0.3) is 5.91 Å². The van der Waals surface area contributed by atoms with Crippen molar-refractivity contribution in [2.75, 3.05) is 10.6 Å². The summed E-state index contributed by atoms with van der Waals surface area (Å²) in [4.78, 5) is 24.8. The standard InChI is InChI=1S/C18H16ClN5O/c1-12-5-6-13(8-15(12)19)24-18(25)16-10-23-17(11-21-16)22-9-14-4-2-3-7-20-14/h2-8,10-11H,9H2,1H3,(H,22,23)(H,24,25). The number of rotatable bonds is 5. The fourth-order valence-electron chi connectivity index (χ4n) is 2.09. The quantitative estimate of drug-likeness (QED) is 0.731. The Labute approximate surface area is 150 Å². The van der Waals surface area contributed by atoms with Gasteiger partial charge in [-0.15, -0.1) is 0 Å². The highest BCUT2D eigenvalue weighted by molar-refractivity contribution is 6.31. The van der Waals surface area contributed by atoms with Gasteiger partial charge in [0, 0.05) is 16.9 Å². The summed E-state index contributed by atoms with van der Waals surface area (Å²) in [6, 6.07) is 11.0. The van der Waals surface area contributed by atoms with Crippen molar-refractivity contribution in [3.05, 3.63) is 77.0 Å². The van der Waals surface area contributed by atoms with Crippen LogP contribution in [0.3, 0.4) is 0 Å². The first-order chi connectivity index (χ1) is 12.1. The van der Waals surface area contributed by atoms with Crippen molar-refractivity contribution in [1.29, 1.82) is 0 Å². The second-order valence-corrected chi connectivity index (χ2v) is 5.79. The van der Waals surface area contributed by atoms with Gasteiger partial charge in [-0.2, -0.15) is 0 Å². The first-order valence-electron chi connectivity index (χ1n) is 7.65. The Hall–Kier alpha value is -2.99. The minimum absolute atomic E-state index is 0.222. The lowest BCUT2D eigenvalue weighted by atomic mass is 10.2. The summed E-state index contributed by atoms with van der Waals surface area (Å²) in [5, 5.41) is 6.45. The molecule has 126 valence electrons. The van der Waals surface area contributed by atoms with Crippen LogP contribution in [0.15, 0.2) is 55.0 Å². The second-order valence-electron chi connectivity index (χ2n) is 5.38. The maximum Gasteiger partial charge on any atom is 0.275 e. The number of aryl methyl sites for hydroxylation is 1. The smallest absolute Gasteiger partial charge is 0.275 e. The SMILES string of the molecule is Cc1ccc(NC(=O)c2cnc(NCc3ccccn3)cn2)cc1Cl. The number of pyridine rings is 1. The lowest BCUT2D eigenvalue weighted by molar-refractivity contribution is 0.102. The van der Waals surface area contributed by atoms with Gasteiger partial charge in [-0.3, -0.25) is 9.78 Å². The Morgan fingerprint density at radius 2 is 2.00 bits per heavy atom. The molecular formula is C18H16ClN5O. The molecule has 0 aliphatic heterocycles. The first-order valence-corrected chi connectivity index (χ1v) is 8.03. The largest absolute Gasteiger partial charge is 0.363 e. The molecule has 0 spiro atoms. The van der Waals surface area contributed by atoms with E-state index in [0.29, 0.717) is 23.1 Å². The highest BCUT2D eigenvalue weighted by Crippen LogP contribution is 2.20. The number of benzene rings is 1. The number of carbonyl (C=O) groups excluding carboxylic acids is 1. The lowest BCUT2D eigenvalue weighted by Crippen LogP contribution is -2.14. The Bertz CT molecular complexity index is 868. The van der Waals surface area contributed by atoms with Crippen LogP contribution >= 0.6 is 11.6 Å². The van der Waals surface area contributed by atoms with Gasteiger partial charge in [0.05, 0.1) is 24.6 Å². The van der Waals surface area contributed by atoms with Gasteiger partial charge in [0.2, 0.25) is 0 Å². The highest BCUT2D eigenvalue weighted by atomic mass is 35.5. The van der Waals surface area contributed by atoms with Gasteiger partial charge in [0.15, 0.2) is 0 Å². The molecule has 1 amide bonds. The Morgan fingerprint density at radius 1 is 1.12 bits per heavy atom. The van der Waals surface area contributed by atoms with Crippen molar-refractivity contribution in [2.24, 2.45) is 0 Å². The Kier molecular flexibility index (Phi) is 5.20. The molecule has 2 heterocycles. The number of amides is 1. The number of anilines is 2. The molecule has 6 nitrogen and oxygen atoms in total. The molecule has 0 bridgehead atoms. The van der Waals surface area contributed by atoms with E-state index in [2.05, 4.69) is 25.6 Å². The minimum Gasteiger partial charge on any atom is -0.363 e. The van der Waals surface area contributed by atoms with Gasteiger partial charge in [0.1, 0.15) is 11.5 Å². The summed E-state index contributed by atoms with van der Waals surface area (Å²) in [7, 11) is 0. The normalized spacial score (nSPS) is 10.3. The monoisotopic (exact) mass is 353 g/mol. The lowest BCUT2D eigenvalue weighted by Gasteiger charge is -2.07. The number of nitrogens with zero attached hydrogens (tertiary/aromatic N) is 3. The zero-order chi connectivity index (χ0) is 17.6. The summed E-state index contributed by atoms with van der Waals surface area (Å²) < 4.78 is 0. The molecule has 0 aliphatic carbocycles. The number of aromatic nitrogens is 3. The van der Waals surface area contributed by atoms with Crippen LogP contribution in [0.25, 0.3) is 0 Å². The van der Waals surface area contributed by atoms with Crippen LogP contribution < -0.4 is 10.6 Å². The molecule has 0 saturated carbocycles. The van der Waals surface area contributed by atoms with Crippen LogP contribution in [0.5, 0.6) is 0 Å². The van der Waals surface area contributed by atoms with Gasteiger partial charge < -0.3 is 10.6 Å². The molecule has 0 fully saturated rings. The molecule has 0 saturated heterocycles. The molecule has 7 heteroatoms. The molecule has 0 radical (unpaired) electrons. The van der Waals surface area contributed by atoms with E-state index in [-0.39, 0.29) is 11.6 Å². The summed E-state index contributed by atoms with van der Waals surface area (Å²) in [5.74, 6) is 0.226. The van der Waals surface area contributed by atoms with Crippen molar-refractivity contribution < 1.29 is 4.79 Å². The zero-order valence-corrected chi connectivity index (χ0v) is 14.3. The van der Waals surface area contributed by atoms with Crippen molar-refractivity contribution in [3.8, 4) is 0 Å². The van der Waals surface area contributed by atoms with Crippen molar-refractivity contribution in [1.82, 2.24) is 15.0 Å². The third-order valence-electron chi connectivity index (χ3n) is 3.49. The molecule has 0 unspecified atom stereocenters. The number of hydrogen-bond acceptors (Lipinski definition) is 5. The van der Waals surface area contributed by atoms with E-state index in [9.17, 15) is 4.79 Å². The molecule has 25 heavy (non-hydrogen) atoms. The van der Waals surface area contributed by atoms with E-state index in [1.807, 2.05) is 31.2 Å². The van der Waals surface area contributed by atoms with Gasteiger partial charge in [-0.25, -0.2) is 9.97 Å². The van der Waals surface area contributed by atoms with E-state index < -0.39 is 0 Å². The predicted molar refractivity (Wildman–Crippen MR) is 97.7 cm³/mol. The molecule has 1 aromatic carbocycles. The fraction of sp³-hybridized carbons (Fsp3) is 0.111. The van der Waals surface area contributed by atoms with E-state index in [1.165, 1.54) is 12.4 Å². The van der Waals surface area contributed by atoms with Gasteiger partial charge in [-0.05, 0) is 36.8 Å². The van der Waals surface area contributed by atoms with Crippen LogP contribution in [0.1, 0.15) is 21.7 Å². The van der Waals surface area contributed by atoms with E-state index in [4.69, 9.17) is 11.6 Å². The van der Waals surface area contributed by atoms with E-state index in [0.717, 1.165) is 11.3 Å². The van der Waals surface area contributed by atoms with Crippen molar-refractivity contribution >= 4 is 29.0 Å². The molecule has 0 aliphatic rings. The van der Waals surface area contributed by atoms with Crippen LogP contribution in [0.4, 0.5) is 11.5 Å². The second kappa shape index (κ2) is 7.72. The third-order valence-corrected chi connectivity index (χ3v) is 3.90. The van der Waals surface area contributed by atoms with E-state index in [1.54, 1.807) is 18.3 Å². The number of hydrogen-bond donors (Lipinski definition) is 2. The predicted octanol–water partition coefficient (Wildman–Crippen LogP) is 3.70. The van der Waals surface area contributed by atoms with Crippen LogP contribution in [0.2, 0.25) is 5.02 Å². The molecule has 0 atom stereocenters. The summed E-state index contributed by atoms with van der Waals surface area (Å²) in [6.45, 7) is 2.43. The highest BCUT2D eigenvalue weighted by Gasteiger charge is 2.09. The Balaban J connectivity index is 1.61. The molecular weight excluding hydrogens is 338 g/mol. The molecule has 2 aromatic heterocycles. The Morgan fingerprint density at radius 3 is 2.68 bits per heavy atom. The van der Waals surface area contributed by atoms with Crippen molar-refractivity contribution in [2.45, 2.75) is 13.5 Å². The summed E-state index contributed by atoms with van der Waals surface area (Å²) in [5.41, 5.74) is 2.67. The number of halogens is 1. The first kappa shape index (κ1) is 16.9. The summed E-state index contributed by atoms with van der Waals surface area (Å²) >= 11 is 6.06. The van der Waals surface area contributed by atoms with Crippen molar-refractivity contribution in [3.63, 3.8) is 0 Å². The average molecular weight is 354 g/mol. The molecule has 2 N–H and O–H groups in total. The number of nitrogens with one attached hydrogen (secondary N) is 2. The zero-order valence-electron chi connectivity index (χ0n) is 13.5. The van der Waals surface area contributed by atoms with Crippen LogP contribution in [0, 0.1) is 6.92 Å². The van der Waals surface area contributed by atoms with Crippen LogP contribution in [-0.4, -0.2) is 20.9 Å². The minimum atomic E-state index is -0.344. The molecule has 3 aromatic rings. The third kappa shape index (κ3) is 4.51. The molecule has 3 rings (SSSR count).